The first-order valence-corrected chi connectivity index (χ1v) is 10.8. The summed E-state index contributed by atoms with van der Waals surface area (Å²) in [6, 6.07) is 0. The molecule has 0 saturated heterocycles. The second-order valence-electron chi connectivity index (χ2n) is 5.04. The van der Waals surface area contributed by atoms with E-state index in [1.165, 1.54) is 12.1 Å². The molecule has 0 fully saturated rings. The standard InChI is InChI=1S/C6H14N2P.C5H13N2P/c1-6-7-9(3,4)5-8(6)2;1-5(6-2)7-8(3)4/h5H2,1-4H3;1-4H3,(H,6,7)/q+1;/p+1. The van der Waals surface area contributed by atoms with Gasteiger partial charge in [0, 0.05) is 14.0 Å². The topological polar surface area (TPSA) is 39.4 Å². The van der Waals surface area contributed by atoms with Crippen molar-refractivity contribution in [3.8, 4) is 0 Å². The molecule has 1 aliphatic rings. The maximum atomic E-state index is 3.95. The minimum Gasteiger partial charge on any atom is -0.354 e. The number of hydrogen-bond donors (Lipinski definition) is 2. The lowest BCUT2D eigenvalue weighted by Gasteiger charge is -2.06. The van der Waals surface area contributed by atoms with Crippen LogP contribution in [0.4, 0.5) is 0 Å². The van der Waals surface area contributed by atoms with Crippen LogP contribution in [0, 0.1) is 0 Å². The van der Waals surface area contributed by atoms with Crippen LogP contribution >= 0.6 is 15.5 Å². The van der Waals surface area contributed by atoms with Gasteiger partial charge in [-0.1, -0.05) is 0 Å². The van der Waals surface area contributed by atoms with E-state index in [2.05, 4.69) is 60.4 Å². The van der Waals surface area contributed by atoms with Gasteiger partial charge < -0.3 is 5.09 Å². The summed E-state index contributed by atoms with van der Waals surface area (Å²) >= 11 is 0. The molecule has 0 radical (unpaired) electrons. The Bertz CT molecular complexity index is 293. The van der Waals surface area contributed by atoms with Gasteiger partial charge in [0.1, 0.15) is 0 Å². The molecule has 1 aliphatic heterocycles. The van der Waals surface area contributed by atoms with Gasteiger partial charge in [-0.15, -0.1) is 5.09 Å². The van der Waals surface area contributed by atoms with Gasteiger partial charge in [-0.2, -0.15) is 0 Å². The van der Waals surface area contributed by atoms with Crippen molar-refractivity contribution in [3.63, 3.8) is 0 Å². The zero-order valence-corrected chi connectivity index (χ0v) is 14.3. The molecule has 0 spiro atoms. The van der Waals surface area contributed by atoms with E-state index in [9.17, 15) is 0 Å². The average molecular weight is 278 g/mol. The Morgan fingerprint density at radius 1 is 1.47 bits per heavy atom. The van der Waals surface area contributed by atoms with Crippen molar-refractivity contribution in [2.75, 3.05) is 47.0 Å². The monoisotopic (exact) mass is 278 g/mol. The minimum atomic E-state index is -0.767. The Kier molecular flexibility index (Phi) is 7.20. The molecule has 0 atom stereocenters. The molecule has 6 heteroatoms. The molecule has 1 rings (SSSR count). The maximum Gasteiger partial charge on any atom is 0.279 e. The Labute approximate surface area is 108 Å². The number of rotatable bonds is 1. The largest absolute Gasteiger partial charge is 0.354 e. The summed E-state index contributed by atoms with van der Waals surface area (Å²) in [6.45, 7) is 13.1. The summed E-state index contributed by atoms with van der Waals surface area (Å²) in [5, 5.41) is 6.70. The summed E-state index contributed by atoms with van der Waals surface area (Å²) in [7, 11) is 3.14. The van der Waals surface area contributed by atoms with E-state index in [4.69, 9.17) is 0 Å². The van der Waals surface area contributed by atoms with Crippen LogP contribution in [0.3, 0.4) is 0 Å². The Morgan fingerprint density at radius 3 is 2.12 bits per heavy atom. The average Bonchev–Trinajstić information content (AvgIpc) is 2.38. The van der Waals surface area contributed by atoms with Crippen LogP contribution in [0.15, 0.2) is 4.99 Å². The van der Waals surface area contributed by atoms with E-state index in [-0.39, 0.29) is 8.07 Å². The van der Waals surface area contributed by atoms with Crippen LogP contribution in [-0.2, 0) is 0 Å². The molecule has 17 heavy (non-hydrogen) atoms. The first-order chi connectivity index (χ1) is 7.68. The van der Waals surface area contributed by atoms with Gasteiger partial charge in [0.2, 0.25) is 13.7 Å². The summed E-state index contributed by atoms with van der Waals surface area (Å²) < 4.78 is 2.29. The van der Waals surface area contributed by atoms with Crippen molar-refractivity contribution in [1.82, 2.24) is 10.2 Å². The van der Waals surface area contributed by atoms with Crippen LogP contribution in [0.25, 0.3) is 0 Å². The Hall–Kier alpha value is -0.200. The van der Waals surface area contributed by atoms with Gasteiger partial charge in [0.15, 0.2) is 0 Å². The predicted octanol–water partition coefficient (Wildman–Crippen LogP) is 2.08. The van der Waals surface area contributed by atoms with Gasteiger partial charge in [0.25, 0.3) is 5.84 Å². The van der Waals surface area contributed by atoms with Crippen LogP contribution in [-0.4, -0.2) is 63.3 Å². The second kappa shape index (κ2) is 7.28. The SMILES string of the molecule is CC1=[N+](C)C[P+](C)(C)N1.CN=C(C)NP(C)C. The molecule has 0 saturated carbocycles. The third-order valence-corrected chi connectivity index (χ3v) is 5.15. The van der Waals surface area contributed by atoms with Crippen molar-refractivity contribution >= 4 is 27.2 Å². The number of nitrogens with one attached hydrogen (secondary N) is 2. The summed E-state index contributed by atoms with van der Waals surface area (Å²) in [6.07, 6.45) is 1.22. The van der Waals surface area contributed by atoms with Crippen molar-refractivity contribution < 1.29 is 4.58 Å². The molecule has 4 nitrogen and oxygen atoms in total. The zero-order chi connectivity index (χ0) is 13.6. The first-order valence-electron chi connectivity index (χ1n) is 5.71. The van der Waals surface area contributed by atoms with Crippen molar-refractivity contribution in [2.24, 2.45) is 4.99 Å². The van der Waals surface area contributed by atoms with Crippen molar-refractivity contribution in [3.05, 3.63) is 0 Å². The minimum absolute atomic E-state index is 0.0265. The highest BCUT2D eigenvalue weighted by Gasteiger charge is 2.40. The van der Waals surface area contributed by atoms with Crippen LogP contribution < -0.4 is 10.2 Å². The van der Waals surface area contributed by atoms with E-state index in [1.54, 1.807) is 7.05 Å². The molecule has 0 unspecified atom stereocenters. The highest BCUT2D eigenvalue weighted by molar-refractivity contribution is 7.73. The number of nitrogens with zero attached hydrogens (tertiary/aromatic N) is 2. The van der Waals surface area contributed by atoms with Gasteiger partial charge in [0.05, 0.1) is 26.2 Å². The summed E-state index contributed by atoms with van der Waals surface area (Å²) in [4.78, 5) is 3.95. The van der Waals surface area contributed by atoms with E-state index in [0.717, 1.165) is 5.84 Å². The fourth-order valence-electron chi connectivity index (χ4n) is 1.57. The fraction of sp³-hybridized carbons (Fsp3) is 0.818. The fourth-order valence-corrected chi connectivity index (χ4v) is 4.71. The number of aliphatic imine (C=N–C) groups is 1. The van der Waals surface area contributed by atoms with Crippen molar-refractivity contribution in [1.29, 1.82) is 0 Å². The highest BCUT2D eigenvalue weighted by Crippen LogP contribution is 2.48. The highest BCUT2D eigenvalue weighted by atomic mass is 31.2. The normalized spacial score (nSPS) is 18.8. The Morgan fingerprint density at radius 2 is 2.00 bits per heavy atom. The smallest absolute Gasteiger partial charge is 0.279 e. The van der Waals surface area contributed by atoms with Gasteiger partial charge in [-0.25, -0.2) is 4.58 Å². The molecule has 0 aromatic rings. The van der Waals surface area contributed by atoms with E-state index in [0.29, 0.717) is 0 Å². The van der Waals surface area contributed by atoms with Crippen LogP contribution in [0.1, 0.15) is 13.8 Å². The lowest BCUT2D eigenvalue weighted by molar-refractivity contribution is -0.474. The molecule has 0 bridgehead atoms. The number of hydrogen-bond acceptors (Lipinski definition) is 2. The third-order valence-electron chi connectivity index (χ3n) is 2.32. The lowest BCUT2D eigenvalue weighted by atomic mass is 10.7. The zero-order valence-electron chi connectivity index (χ0n) is 12.5. The molecule has 100 valence electrons. The van der Waals surface area contributed by atoms with E-state index >= 15 is 0 Å². The van der Waals surface area contributed by atoms with Crippen molar-refractivity contribution in [2.45, 2.75) is 13.8 Å². The van der Waals surface area contributed by atoms with Crippen LogP contribution in [0.2, 0.25) is 0 Å². The number of amidine groups is 2. The lowest BCUT2D eigenvalue weighted by Crippen LogP contribution is -2.15. The molecular formula is C11H28N4P2+2. The summed E-state index contributed by atoms with van der Waals surface area (Å²) in [5.41, 5.74) is 0. The molecule has 2 N–H and O–H groups in total. The third kappa shape index (κ3) is 7.68. The quantitative estimate of drug-likeness (QED) is 0.334. The van der Waals surface area contributed by atoms with Gasteiger partial charge >= 0.3 is 0 Å². The van der Waals surface area contributed by atoms with E-state index < -0.39 is 7.41 Å². The van der Waals surface area contributed by atoms with E-state index in [1.807, 2.05) is 6.92 Å². The van der Waals surface area contributed by atoms with Gasteiger partial charge in [-0.05, 0) is 28.3 Å². The second-order valence-corrected chi connectivity index (χ2v) is 10.9. The maximum absolute atomic E-state index is 3.95. The summed E-state index contributed by atoms with van der Waals surface area (Å²) in [5.74, 6) is 2.36. The molecular weight excluding hydrogens is 250 g/mol. The molecule has 0 aromatic carbocycles. The van der Waals surface area contributed by atoms with Gasteiger partial charge in [-0.3, -0.25) is 4.99 Å². The predicted molar refractivity (Wildman–Crippen MR) is 84.6 cm³/mol. The van der Waals surface area contributed by atoms with Crippen LogP contribution in [0.5, 0.6) is 0 Å². The molecule has 0 amide bonds. The molecule has 0 aliphatic carbocycles. The Balaban J connectivity index is 0.000000304. The molecule has 1 heterocycles. The molecule has 0 aromatic heterocycles. The first kappa shape index (κ1) is 16.8.